The molecule has 1 unspecified atom stereocenters. The zero-order valence-electron chi connectivity index (χ0n) is 11.7. The lowest BCUT2D eigenvalue weighted by molar-refractivity contribution is -0.123. The fourth-order valence-electron chi connectivity index (χ4n) is 1.63. The minimum Gasteiger partial charge on any atom is -0.484 e. The zero-order valence-corrected chi connectivity index (χ0v) is 11.7. The third-order valence-electron chi connectivity index (χ3n) is 2.56. The molecule has 0 bridgehead atoms. The number of rotatable bonds is 7. The van der Waals surface area contributed by atoms with E-state index in [4.69, 9.17) is 4.74 Å². The van der Waals surface area contributed by atoms with Gasteiger partial charge in [0.2, 0.25) is 0 Å². The van der Waals surface area contributed by atoms with Gasteiger partial charge >= 0.3 is 0 Å². The fraction of sp³-hybridized carbons (Fsp3) is 0.500. The third kappa shape index (κ3) is 6.22. The molecule has 0 radical (unpaired) electrons. The lowest BCUT2D eigenvalue weighted by Gasteiger charge is -2.16. The van der Waals surface area contributed by atoms with E-state index in [-0.39, 0.29) is 19.1 Å². The maximum atomic E-state index is 11.6. The Morgan fingerprint density at radius 3 is 2.74 bits per heavy atom. The van der Waals surface area contributed by atoms with E-state index < -0.39 is 6.10 Å². The van der Waals surface area contributed by atoms with Crippen molar-refractivity contribution in [1.82, 2.24) is 10.2 Å². The second-order valence-electron chi connectivity index (χ2n) is 4.77. The Balaban J connectivity index is 2.27. The van der Waals surface area contributed by atoms with Gasteiger partial charge in [-0.05, 0) is 32.6 Å². The molecule has 106 valence electrons. The lowest BCUT2D eigenvalue weighted by atomic mass is 10.2. The Labute approximate surface area is 114 Å². The maximum Gasteiger partial charge on any atom is 0.258 e. The molecule has 0 aliphatic carbocycles. The zero-order chi connectivity index (χ0) is 14.3. The molecule has 0 aliphatic rings. The molecule has 0 spiro atoms. The van der Waals surface area contributed by atoms with Gasteiger partial charge in [-0.15, -0.1) is 0 Å². The highest BCUT2D eigenvalue weighted by atomic mass is 16.5. The Hall–Kier alpha value is -1.59. The number of aliphatic hydroxyl groups is 1. The van der Waals surface area contributed by atoms with Gasteiger partial charge < -0.3 is 20.1 Å². The number of benzene rings is 1. The van der Waals surface area contributed by atoms with E-state index in [0.717, 1.165) is 5.56 Å². The summed E-state index contributed by atoms with van der Waals surface area (Å²) in [5.41, 5.74) is 0.989. The summed E-state index contributed by atoms with van der Waals surface area (Å²) in [4.78, 5) is 13.4. The summed E-state index contributed by atoms with van der Waals surface area (Å²) in [6.07, 6.45) is -0.572. The molecule has 0 aliphatic heterocycles. The molecular weight excluding hydrogens is 244 g/mol. The van der Waals surface area contributed by atoms with Crippen molar-refractivity contribution in [3.63, 3.8) is 0 Å². The molecule has 1 aromatic rings. The number of hydrogen-bond acceptors (Lipinski definition) is 4. The largest absolute Gasteiger partial charge is 0.484 e. The Kier molecular flexibility index (Phi) is 6.32. The second-order valence-corrected chi connectivity index (χ2v) is 4.77. The van der Waals surface area contributed by atoms with E-state index in [0.29, 0.717) is 12.3 Å². The summed E-state index contributed by atoms with van der Waals surface area (Å²) >= 11 is 0. The van der Waals surface area contributed by atoms with Crippen LogP contribution in [0.25, 0.3) is 0 Å². The second kappa shape index (κ2) is 7.76. The topological polar surface area (TPSA) is 61.8 Å². The van der Waals surface area contributed by atoms with Crippen molar-refractivity contribution in [1.29, 1.82) is 0 Å². The van der Waals surface area contributed by atoms with Crippen LogP contribution in [0.3, 0.4) is 0 Å². The van der Waals surface area contributed by atoms with Gasteiger partial charge in [-0.3, -0.25) is 4.79 Å². The van der Waals surface area contributed by atoms with Crippen molar-refractivity contribution < 1.29 is 14.6 Å². The highest BCUT2D eigenvalue weighted by Gasteiger charge is 2.09. The molecule has 5 nitrogen and oxygen atoms in total. The van der Waals surface area contributed by atoms with Crippen molar-refractivity contribution in [2.45, 2.75) is 13.0 Å². The van der Waals surface area contributed by atoms with Crippen molar-refractivity contribution in [2.24, 2.45) is 0 Å². The van der Waals surface area contributed by atoms with Crippen LogP contribution in [0.15, 0.2) is 24.3 Å². The van der Waals surface area contributed by atoms with Crippen LogP contribution < -0.4 is 10.1 Å². The average molecular weight is 266 g/mol. The van der Waals surface area contributed by atoms with Gasteiger partial charge in [0, 0.05) is 13.1 Å². The lowest BCUT2D eigenvalue weighted by Crippen LogP contribution is -2.39. The highest BCUT2D eigenvalue weighted by Crippen LogP contribution is 2.15. The number of ether oxygens (including phenoxy) is 1. The van der Waals surface area contributed by atoms with Crippen LogP contribution in [0.1, 0.15) is 5.56 Å². The van der Waals surface area contributed by atoms with Crippen LogP contribution in [0, 0.1) is 6.92 Å². The molecule has 0 heterocycles. The summed E-state index contributed by atoms with van der Waals surface area (Å²) in [5, 5.41) is 12.2. The number of aliphatic hydroxyl groups excluding tert-OH is 1. The SMILES string of the molecule is Cc1ccccc1OCC(=O)NCC(O)CN(C)C. The van der Waals surface area contributed by atoms with E-state index in [2.05, 4.69) is 5.32 Å². The number of likely N-dealkylation sites (N-methyl/N-ethyl adjacent to an activating group) is 1. The summed E-state index contributed by atoms with van der Waals surface area (Å²) < 4.78 is 5.41. The van der Waals surface area contributed by atoms with E-state index >= 15 is 0 Å². The first-order valence-electron chi connectivity index (χ1n) is 6.27. The molecule has 1 rings (SSSR count). The fourth-order valence-corrected chi connectivity index (χ4v) is 1.63. The number of carbonyl (C=O) groups excluding carboxylic acids is 1. The standard InChI is InChI=1S/C14H22N2O3/c1-11-6-4-5-7-13(11)19-10-14(18)15-8-12(17)9-16(2)3/h4-7,12,17H,8-10H2,1-3H3,(H,15,18). The third-order valence-corrected chi connectivity index (χ3v) is 2.56. The van der Waals surface area contributed by atoms with E-state index in [9.17, 15) is 9.90 Å². The van der Waals surface area contributed by atoms with Crippen molar-refractivity contribution in [2.75, 3.05) is 33.8 Å². The molecule has 0 saturated carbocycles. The number of carbonyl (C=O) groups is 1. The van der Waals surface area contributed by atoms with E-state index in [1.54, 1.807) is 0 Å². The summed E-state index contributed by atoms with van der Waals surface area (Å²) in [7, 11) is 3.73. The number of hydrogen-bond donors (Lipinski definition) is 2. The van der Waals surface area contributed by atoms with E-state index in [1.807, 2.05) is 50.2 Å². The van der Waals surface area contributed by atoms with Gasteiger partial charge in [0.25, 0.3) is 5.91 Å². The first-order chi connectivity index (χ1) is 8.99. The normalized spacial score (nSPS) is 12.3. The Bertz CT molecular complexity index is 407. The number of aryl methyl sites for hydroxylation is 1. The highest BCUT2D eigenvalue weighted by molar-refractivity contribution is 5.77. The Morgan fingerprint density at radius 1 is 1.42 bits per heavy atom. The number of nitrogens with zero attached hydrogens (tertiary/aromatic N) is 1. The maximum absolute atomic E-state index is 11.6. The molecule has 1 atom stereocenters. The molecule has 5 heteroatoms. The van der Waals surface area contributed by atoms with Crippen LogP contribution in [0.5, 0.6) is 5.75 Å². The molecule has 1 aromatic carbocycles. The molecule has 1 amide bonds. The van der Waals surface area contributed by atoms with Crippen LogP contribution in [0.4, 0.5) is 0 Å². The Morgan fingerprint density at radius 2 is 2.11 bits per heavy atom. The van der Waals surface area contributed by atoms with Crippen molar-refractivity contribution >= 4 is 5.91 Å². The number of nitrogens with one attached hydrogen (secondary N) is 1. The van der Waals surface area contributed by atoms with Crippen LogP contribution in [-0.4, -0.2) is 55.8 Å². The van der Waals surface area contributed by atoms with Gasteiger partial charge in [0.05, 0.1) is 6.10 Å². The first-order valence-corrected chi connectivity index (χ1v) is 6.27. The first kappa shape index (κ1) is 15.5. The molecule has 19 heavy (non-hydrogen) atoms. The average Bonchev–Trinajstić information content (AvgIpc) is 2.34. The summed E-state index contributed by atoms with van der Waals surface area (Å²) in [5.74, 6) is 0.465. The van der Waals surface area contributed by atoms with Crippen LogP contribution >= 0.6 is 0 Å². The summed E-state index contributed by atoms with van der Waals surface area (Å²) in [6.45, 7) is 2.63. The van der Waals surface area contributed by atoms with Gasteiger partial charge in [0.1, 0.15) is 5.75 Å². The molecule has 0 fully saturated rings. The van der Waals surface area contributed by atoms with Gasteiger partial charge in [-0.1, -0.05) is 18.2 Å². The van der Waals surface area contributed by atoms with Gasteiger partial charge in [-0.25, -0.2) is 0 Å². The smallest absolute Gasteiger partial charge is 0.258 e. The monoisotopic (exact) mass is 266 g/mol. The van der Waals surface area contributed by atoms with Gasteiger partial charge in [0.15, 0.2) is 6.61 Å². The molecule has 0 aromatic heterocycles. The minimum atomic E-state index is -0.572. The molecule has 0 saturated heterocycles. The quantitative estimate of drug-likeness (QED) is 0.750. The van der Waals surface area contributed by atoms with Crippen molar-refractivity contribution in [3.05, 3.63) is 29.8 Å². The van der Waals surface area contributed by atoms with Crippen LogP contribution in [-0.2, 0) is 4.79 Å². The predicted octanol–water partition coefficient (Wildman–Crippen LogP) is 0.413. The van der Waals surface area contributed by atoms with Crippen LogP contribution in [0.2, 0.25) is 0 Å². The van der Waals surface area contributed by atoms with Crippen molar-refractivity contribution in [3.8, 4) is 5.75 Å². The molecular formula is C14H22N2O3. The number of amides is 1. The predicted molar refractivity (Wildman–Crippen MR) is 74.2 cm³/mol. The number of para-hydroxylation sites is 1. The minimum absolute atomic E-state index is 0.0421. The van der Waals surface area contributed by atoms with Gasteiger partial charge in [-0.2, -0.15) is 0 Å². The van der Waals surface area contributed by atoms with E-state index in [1.165, 1.54) is 0 Å². The molecule has 2 N–H and O–H groups in total. The summed E-state index contributed by atoms with van der Waals surface area (Å²) in [6, 6.07) is 7.53.